The molecule has 5 rings (SSSR count). The van der Waals surface area contributed by atoms with Crippen molar-refractivity contribution >= 4 is 11.6 Å². The lowest BCUT2D eigenvalue weighted by Crippen LogP contribution is -2.70. The lowest BCUT2D eigenvalue weighted by Gasteiger charge is -2.62. The van der Waals surface area contributed by atoms with Crippen molar-refractivity contribution in [3.8, 4) is 0 Å². The van der Waals surface area contributed by atoms with E-state index >= 15 is 4.39 Å². The summed E-state index contributed by atoms with van der Waals surface area (Å²) in [5.74, 6) is -2.41. The van der Waals surface area contributed by atoms with Crippen molar-refractivity contribution in [1.82, 2.24) is 0 Å². The van der Waals surface area contributed by atoms with Gasteiger partial charge in [0.1, 0.15) is 13.4 Å². The molecule has 2 N–H and O–H groups in total. The Balaban J connectivity index is 1.68. The number of ketones is 2. The van der Waals surface area contributed by atoms with Gasteiger partial charge in [-0.1, -0.05) is 24.6 Å². The smallest absolute Gasteiger partial charge is 0.193 e. The summed E-state index contributed by atoms with van der Waals surface area (Å²) in [6, 6.07) is 0. The zero-order valence-corrected chi connectivity index (χ0v) is 19.6. The van der Waals surface area contributed by atoms with Crippen LogP contribution in [0.4, 0.5) is 4.39 Å². The molecule has 0 bridgehead atoms. The van der Waals surface area contributed by atoms with Crippen molar-refractivity contribution in [1.29, 1.82) is 0 Å². The third-order valence-corrected chi connectivity index (χ3v) is 9.41. The van der Waals surface area contributed by atoms with Gasteiger partial charge in [-0.2, -0.15) is 0 Å². The van der Waals surface area contributed by atoms with Crippen LogP contribution in [0.15, 0.2) is 23.8 Å². The minimum atomic E-state index is -1.90. The Hall–Kier alpha value is -1.45. The SMILES string of the molecule is CC1(C)O[C@@H]2CC3C4CC=C5CC(=O)C=C[C@]5(C)[C@@]4(F)C(OCO)C[C@]3(C)[C@]2(C(=O)CO)O1. The van der Waals surface area contributed by atoms with Gasteiger partial charge in [0.2, 0.25) is 0 Å². The molecule has 4 aliphatic carbocycles. The van der Waals surface area contributed by atoms with Crippen molar-refractivity contribution in [2.24, 2.45) is 22.7 Å². The molecule has 182 valence electrons. The quantitative estimate of drug-likeness (QED) is 0.487. The van der Waals surface area contributed by atoms with E-state index in [1.165, 1.54) is 6.08 Å². The van der Waals surface area contributed by atoms with E-state index in [1.807, 2.05) is 13.0 Å². The van der Waals surface area contributed by atoms with Crippen molar-refractivity contribution < 1.29 is 38.4 Å². The van der Waals surface area contributed by atoms with Crippen molar-refractivity contribution in [3.63, 3.8) is 0 Å². The molecule has 3 unspecified atom stereocenters. The molecule has 0 aromatic carbocycles. The maximum atomic E-state index is 17.6. The molecule has 0 amide bonds. The topological polar surface area (TPSA) is 102 Å². The monoisotopic (exact) mass is 464 g/mol. The highest BCUT2D eigenvalue weighted by Crippen LogP contribution is 2.72. The first-order valence-corrected chi connectivity index (χ1v) is 11.7. The molecular formula is C25H33FO7. The summed E-state index contributed by atoms with van der Waals surface area (Å²) in [5.41, 5.74) is -4.56. The maximum Gasteiger partial charge on any atom is 0.193 e. The highest BCUT2D eigenvalue weighted by Gasteiger charge is 2.80. The van der Waals surface area contributed by atoms with Gasteiger partial charge >= 0.3 is 0 Å². The Morgan fingerprint density at radius 3 is 2.64 bits per heavy atom. The van der Waals surface area contributed by atoms with E-state index in [0.29, 0.717) is 12.8 Å². The van der Waals surface area contributed by atoms with E-state index < -0.39 is 65.2 Å². The van der Waals surface area contributed by atoms with Crippen molar-refractivity contribution in [2.45, 2.75) is 82.6 Å². The van der Waals surface area contributed by atoms with Crippen LogP contribution in [-0.4, -0.2) is 64.4 Å². The third-order valence-electron chi connectivity index (χ3n) is 9.41. The summed E-state index contributed by atoms with van der Waals surface area (Å²) in [6.45, 7) is 5.80. The minimum absolute atomic E-state index is 0.0621. The predicted octanol–water partition coefficient (Wildman–Crippen LogP) is 2.39. The van der Waals surface area contributed by atoms with Gasteiger partial charge in [-0.25, -0.2) is 4.39 Å². The first kappa shape index (κ1) is 23.3. The summed E-state index contributed by atoms with van der Waals surface area (Å²) < 4.78 is 35.8. The number of aliphatic hydroxyl groups excluding tert-OH is 2. The predicted molar refractivity (Wildman–Crippen MR) is 115 cm³/mol. The van der Waals surface area contributed by atoms with Crippen LogP contribution >= 0.6 is 0 Å². The molecule has 5 aliphatic rings. The molecule has 33 heavy (non-hydrogen) atoms. The number of rotatable bonds is 4. The van der Waals surface area contributed by atoms with Gasteiger partial charge in [-0.15, -0.1) is 0 Å². The summed E-state index contributed by atoms with van der Waals surface area (Å²) in [7, 11) is 0. The highest BCUT2D eigenvalue weighted by atomic mass is 19.1. The molecule has 3 fully saturated rings. The van der Waals surface area contributed by atoms with Gasteiger partial charge in [0.25, 0.3) is 0 Å². The van der Waals surface area contributed by atoms with Crippen LogP contribution in [0.1, 0.15) is 53.4 Å². The molecule has 2 saturated carbocycles. The number of allylic oxidation sites excluding steroid dienone is 4. The van der Waals surface area contributed by atoms with Crippen LogP contribution in [-0.2, 0) is 23.8 Å². The van der Waals surface area contributed by atoms with Crippen molar-refractivity contribution in [3.05, 3.63) is 23.8 Å². The molecule has 0 aromatic heterocycles. The standard InChI is InChI=1S/C25H33FO7/c1-21(2)32-19-10-17-16-6-5-14-9-15(29)7-8-22(14,3)24(16,26)20(31-13-28)11-23(17,4)25(19,33-21)18(30)12-27/h5,7-8,16-17,19-20,27-28H,6,9-13H2,1-4H3/t16?,17?,19-,20?,22+,23+,24+,25-/m1/s1. The van der Waals surface area contributed by atoms with Gasteiger partial charge in [0.15, 0.2) is 28.6 Å². The third kappa shape index (κ3) is 2.67. The Morgan fingerprint density at radius 1 is 1.24 bits per heavy atom. The van der Waals surface area contributed by atoms with Crippen LogP contribution in [0.25, 0.3) is 0 Å². The fraction of sp³-hybridized carbons (Fsp3) is 0.760. The van der Waals surface area contributed by atoms with E-state index in [2.05, 4.69) is 0 Å². The van der Waals surface area contributed by atoms with E-state index in [0.717, 1.165) is 5.57 Å². The molecule has 7 nitrogen and oxygen atoms in total. The number of Topliss-reactive ketones (excluding diaryl/α,β-unsaturated/α-hetero) is 1. The van der Waals surface area contributed by atoms with Gasteiger partial charge in [-0.05, 0) is 52.0 Å². The molecule has 1 saturated heterocycles. The second-order valence-electron chi connectivity index (χ2n) is 11.2. The van der Waals surface area contributed by atoms with Crippen LogP contribution in [0, 0.1) is 22.7 Å². The summed E-state index contributed by atoms with van der Waals surface area (Å²) in [5, 5.41) is 19.6. The zero-order valence-electron chi connectivity index (χ0n) is 19.6. The number of alkyl halides is 1. The fourth-order valence-electron chi connectivity index (χ4n) is 8.07. The molecule has 0 spiro atoms. The average Bonchev–Trinajstić information content (AvgIpc) is 3.15. The Kier molecular flexibility index (Phi) is 4.97. The lowest BCUT2D eigenvalue weighted by atomic mass is 9.45. The molecule has 8 heteroatoms. The fourth-order valence-corrected chi connectivity index (χ4v) is 8.07. The van der Waals surface area contributed by atoms with Gasteiger partial charge < -0.3 is 24.4 Å². The van der Waals surface area contributed by atoms with Crippen molar-refractivity contribution in [2.75, 3.05) is 13.4 Å². The number of hydrogen-bond donors (Lipinski definition) is 2. The van der Waals surface area contributed by atoms with Crippen LogP contribution < -0.4 is 0 Å². The van der Waals surface area contributed by atoms with Crippen LogP contribution in [0.3, 0.4) is 0 Å². The maximum absolute atomic E-state index is 17.6. The highest BCUT2D eigenvalue weighted by molar-refractivity contribution is 5.94. The number of halogens is 1. The average molecular weight is 465 g/mol. The van der Waals surface area contributed by atoms with E-state index in [4.69, 9.17) is 14.2 Å². The molecule has 8 atom stereocenters. The second kappa shape index (κ2) is 7.04. The van der Waals surface area contributed by atoms with Gasteiger partial charge in [-0.3, -0.25) is 9.59 Å². The summed E-state index contributed by atoms with van der Waals surface area (Å²) in [4.78, 5) is 25.4. The molecule has 1 aliphatic heterocycles. The number of aliphatic hydroxyl groups is 2. The van der Waals surface area contributed by atoms with E-state index in [-0.39, 0.29) is 24.5 Å². The largest absolute Gasteiger partial charge is 0.388 e. The Morgan fingerprint density at radius 2 is 1.97 bits per heavy atom. The van der Waals surface area contributed by atoms with Crippen LogP contribution in [0.5, 0.6) is 0 Å². The first-order valence-electron chi connectivity index (χ1n) is 11.7. The second-order valence-corrected chi connectivity index (χ2v) is 11.2. The minimum Gasteiger partial charge on any atom is -0.388 e. The molecule has 1 heterocycles. The van der Waals surface area contributed by atoms with Gasteiger partial charge in [0.05, 0.1) is 12.2 Å². The Labute approximate surface area is 193 Å². The summed E-state index contributed by atoms with van der Waals surface area (Å²) >= 11 is 0. The Bertz CT molecular complexity index is 958. The lowest BCUT2D eigenvalue weighted by molar-refractivity contribution is -0.258. The molecule has 0 radical (unpaired) electrons. The normalized spacial score (nSPS) is 49.7. The number of carbonyl (C=O) groups is 2. The summed E-state index contributed by atoms with van der Waals surface area (Å²) in [6.07, 6.45) is 4.45. The van der Waals surface area contributed by atoms with Crippen LogP contribution in [0.2, 0.25) is 0 Å². The number of fused-ring (bicyclic) bond motifs is 7. The number of carbonyl (C=O) groups excluding carboxylic acids is 2. The molecule has 0 aromatic rings. The van der Waals surface area contributed by atoms with E-state index in [9.17, 15) is 19.8 Å². The zero-order chi connectivity index (χ0) is 24.0. The van der Waals surface area contributed by atoms with E-state index in [1.54, 1.807) is 26.8 Å². The van der Waals surface area contributed by atoms with Gasteiger partial charge in [0, 0.05) is 23.2 Å². The molecular weight excluding hydrogens is 431 g/mol. The number of hydrogen-bond acceptors (Lipinski definition) is 7. The first-order chi connectivity index (χ1) is 15.4. The number of ether oxygens (including phenoxy) is 3.